The van der Waals surface area contributed by atoms with Crippen LogP contribution in [0.25, 0.3) is 0 Å². The minimum atomic E-state index is -0.433. The Labute approximate surface area is 65.2 Å². The Morgan fingerprint density at radius 2 is 2.18 bits per heavy atom. The van der Waals surface area contributed by atoms with Gasteiger partial charge in [-0.25, -0.2) is 0 Å². The molecule has 4 heteroatoms. The molecule has 4 nitrogen and oxygen atoms in total. The van der Waals surface area contributed by atoms with Crippen LogP contribution in [-0.2, 0) is 9.47 Å². The van der Waals surface area contributed by atoms with Crippen LogP contribution in [0.4, 0.5) is 0 Å². The maximum absolute atomic E-state index is 4.95. The summed E-state index contributed by atoms with van der Waals surface area (Å²) < 4.78 is 9.89. The zero-order valence-corrected chi connectivity index (χ0v) is 6.44. The molecule has 1 radical (unpaired) electrons. The summed E-state index contributed by atoms with van der Waals surface area (Å²) in [5, 5.41) is 0. The maximum Gasteiger partial charge on any atom is 0.202 e. The highest BCUT2D eigenvalue weighted by molar-refractivity contribution is 4.95. The summed E-state index contributed by atoms with van der Waals surface area (Å²) in [6.07, 6.45) is 5.16. The van der Waals surface area contributed by atoms with E-state index < -0.39 is 6.29 Å². The summed E-state index contributed by atoms with van der Waals surface area (Å²) in [4.78, 5) is 7.71. The summed E-state index contributed by atoms with van der Waals surface area (Å²) >= 11 is 0. The fourth-order valence-corrected chi connectivity index (χ4v) is 0.733. The van der Waals surface area contributed by atoms with Crippen molar-refractivity contribution in [1.82, 2.24) is 9.97 Å². The summed E-state index contributed by atoms with van der Waals surface area (Å²) in [6, 6.07) is 0. The Morgan fingerprint density at radius 3 is 2.64 bits per heavy atom. The smallest absolute Gasteiger partial charge is 0.202 e. The Hall–Kier alpha value is -1.00. The van der Waals surface area contributed by atoms with E-state index in [4.69, 9.17) is 9.47 Å². The van der Waals surface area contributed by atoms with Gasteiger partial charge < -0.3 is 9.47 Å². The zero-order chi connectivity index (χ0) is 8.10. The summed E-state index contributed by atoms with van der Waals surface area (Å²) in [6.45, 7) is 0. The molecule has 0 atom stereocenters. The molecule has 0 spiro atoms. The molecule has 0 bridgehead atoms. The van der Waals surface area contributed by atoms with Crippen LogP contribution in [0.2, 0.25) is 0 Å². The Kier molecular flexibility index (Phi) is 2.95. The van der Waals surface area contributed by atoms with E-state index >= 15 is 0 Å². The van der Waals surface area contributed by atoms with E-state index in [1.54, 1.807) is 20.4 Å². The van der Waals surface area contributed by atoms with E-state index in [1.807, 2.05) is 0 Å². The Bertz CT molecular complexity index is 199. The number of methoxy groups -OCH3 is 2. The molecule has 0 N–H and O–H groups in total. The van der Waals surface area contributed by atoms with Crippen LogP contribution in [0.3, 0.4) is 0 Å². The molecule has 0 aliphatic carbocycles. The molecule has 0 saturated carbocycles. The van der Waals surface area contributed by atoms with Crippen LogP contribution >= 0.6 is 0 Å². The lowest BCUT2D eigenvalue weighted by Gasteiger charge is -2.10. The van der Waals surface area contributed by atoms with Gasteiger partial charge in [0.2, 0.25) is 6.29 Å². The van der Waals surface area contributed by atoms with Crippen molar-refractivity contribution >= 4 is 0 Å². The number of aromatic nitrogens is 2. The Balaban J connectivity index is 2.74. The lowest BCUT2D eigenvalue weighted by atomic mass is 10.4. The molecule has 1 aromatic rings. The van der Waals surface area contributed by atoms with Crippen LogP contribution in [-0.4, -0.2) is 24.2 Å². The molecular weight excluding hydrogens is 144 g/mol. The highest BCUT2D eigenvalue weighted by Gasteiger charge is 2.08. The third kappa shape index (κ3) is 1.96. The fourth-order valence-electron chi connectivity index (χ4n) is 0.733. The average Bonchev–Trinajstić information content (AvgIpc) is 2.09. The molecule has 0 fully saturated rings. The molecule has 11 heavy (non-hydrogen) atoms. The van der Waals surface area contributed by atoms with Gasteiger partial charge in [-0.3, -0.25) is 9.97 Å². The maximum atomic E-state index is 4.95. The molecule has 0 saturated heterocycles. The van der Waals surface area contributed by atoms with E-state index in [9.17, 15) is 0 Å². The van der Waals surface area contributed by atoms with Gasteiger partial charge in [0.1, 0.15) is 11.9 Å². The molecule has 0 aliphatic rings. The average molecular weight is 153 g/mol. The number of hydrogen-bond donors (Lipinski definition) is 0. The summed E-state index contributed by atoms with van der Waals surface area (Å²) in [5.41, 5.74) is 0.647. The second kappa shape index (κ2) is 4.00. The first-order valence-electron chi connectivity index (χ1n) is 3.12. The van der Waals surface area contributed by atoms with Crippen LogP contribution in [0, 0.1) is 6.20 Å². The first-order valence-corrected chi connectivity index (χ1v) is 3.12. The van der Waals surface area contributed by atoms with Gasteiger partial charge in [0, 0.05) is 14.2 Å². The van der Waals surface area contributed by atoms with Crippen molar-refractivity contribution in [3.05, 3.63) is 24.3 Å². The van der Waals surface area contributed by atoms with Crippen molar-refractivity contribution in [3.63, 3.8) is 0 Å². The van der Waals surface area contributed by atoms with Gasteiger partial charge in [0.05, 0.1) is 12.4 Å². The second-order valence-electron chi connectivity index (χ2n) is 1.87. The molecule has 1 aromatic heterocycles. The monoisotopic (exact) mass is 153 g/mol. The number of ether oxygens (including phenoxy) is 2. The van der Waals surface area contributed by atoms with Crippen molar-refractivity contribution in [2.24, 2.45) is 0 Å². The molecule has 1 rings (SSSR count). The summed E-state index contributed by atoms with van der Waals surface area (Å²) in [7, 11) is 3.10. The summed E-state index contributed by atoms with van der Waals surface area (Å²) in [5.74, 6) is 0. The van der Waals surface area contributed by atoms with Gasteiger partial charge in [-0.15, -0.1) is 0 Å². The van der Waals surface area contributed by atoms with Crippen LogP contribution in [0.1, 0.15) is 12.0 Å². The zero-order valence-electron chi connectivity index (χ0n) is 6.44. The molecular formula is C7H9N2O2. The van der Waals surface area contributed by atoms with Gasteiger partial charge in [0.25, 0.3) is 0 Å². The largest absolute Gasteiger partial charge is 0.350 e. The third-order valence-corrected chi connectivity index (χ3v) is 1.21. The standard InChI is InChI=1S/C7H9N2O2/c1-10-7(11-2)6-5-8-3-4-9-6/h4-5,7H,1-2H3. The lowest BCUT2D eigenvalue weighted by Crippen LogP contribution is -2.05. The molecule has 0 unspecified atom stereocenters. The van der Waals surface area contributed by atoms with Crippen LogP contribution in [0.15, 0.2) is 12.4 Å². The predicted molar refractivity (Wildman–Crippen MR) is 37.6 cm³/mol. The second-order valence-corrected chi connectivity index (χ2v) is 1.87. The van der Waals surface area contributed by atoms with E-state index in [0.717, 1.165) is 0 Å². The predicted octanol–water partition coefficient (Wildman–Crippen LogP) is 0.568. The number of rotatable bonds is 3. The van der Waals surface area contributed by atoms with E-state index in [1.165, 1.54) is 6.20 Å². The SMILES string of the molecule is COC(OC)c1cn[c]cn1. The van der Waals surface area contributed by atoms with E-state index in [0.29, 0.717) is 5.69 Å². The van der Waals surface area contributed by atoms with E-state index in [2.05, 4.69) is 16.2 Å². The first kappa shape index (κ1) is 8.10. The number of hydrogen-bond acceptors (Lipinski definition) is 4. The third-order valence-electron chi connectivity index (χ3n) is 1.21. The van der Waals surface area contributed by atoms with Crippen molar-refractivity contribution in [2.75, 3.05) is 14.2 Å². The molecule has 0 aromatic carbocycles. The normalized spacial score (nSPS) is 10.5. The van der Waals surface area contributed by atoms with Crippen molar-refractivity contribution in [2.45, 2.75) is 6.29 Å². The van der Waals surface area contributed by atoms with Crippen LogP contribution in [0.5, 0.6) is 0 Å². The highest BCUT2D eigenvalue weighted by atomic mass is 16.7. The minimum Gasteiger partial charge on any atom is -0.350 e. The lowest BCUT2D eigenvalue weighted by molar-refractivity contribution is -0.108. The first-order chi connectivity index (χ1) is 5.38. The molecule has 0 amide bonds. The van der Waals surface area contributed by atoms with E-state index in [-0.39, 0.29) is 0 Å². The number of nitrogens with zero attached hydrogens (tertiary/aromatic N) is 2. The highest BCUT2D eigenvalue weighted by Crippen LogP contribution is 2.11. The topological polar surface area (TPSA) is 44.2 Å². The van der Waals surface area contributed by atoms with Gasteiger partial charge >= 0.3 is 0 Å². The van der Waals surface area contributed by atoms with Crippen molar-refractivity contribution < 1.29 is 9.47 Å². The van der Waals surface area contributed by atoms with Gasteiger partial charge in [0.15, 0.2) is 0 Å². The minimum absolute atomic E-state index is 0.433. The Morgan fingerprint density at radius 1 is 1.45 bits per heavy atom. The van der Waals surface area contributed by atoms with Gasteiger partial charge in [-0.05, 0) is 0 Å². The molecule has 1 heterocycles. The van der Waals surface area contributed by atoms with Gasteiger partial charge in [-0.2, -0.15) is 0 Å². The van der Waals surface area contributed by atoms with Crippen molar-refractivity contribution in [1.29, 1.82) is 0 Å². The quantitative estimate of drug-likeness (QED) is 0.595. The van der Waals surface area contributed by atoms with Crippen molar-refractivity contribution in [3.8, 4) is 0 Å². The van der Waals surface area contributed by atoms with Gasteiger partial charge in [-0.1, -0.05) is 0 Å². The van der Waals surface area contributed by atoms with Crippen LogP contribution < -0.4 is 0 Å². The molecule has 0 aliphatic heterocycles. The fraction of sp³-hybridized carbons (Fsp3) is 0.429. The molecule has 59 valence electrons.